The first-order chi connectivity index (χ1) is 13.3. The molecule has 3 heterocycles. The monoisotopic (exact) mass is 386 g/mol. The third-order valence-electron chi connectivity index (χ3n) is 5.04. The number of H-pyrrole nitrogens is 1. The summed E-state index contributed by atoms with van der Waals surface area (Å²) in [4.78, 5) is 10.6. The number of aliphatic hydroxyl groups is 1. The number of aromatic nitrogens is 4. The molecule has 1 aliphatic heterocycles. The molecule has 3 unspecified atom stereocenters. The fraction of sp³-hybridized carbons (Fsp3) is 0.421. The predicted octanol–water partition coefficient (Wildman–Crippen LogP) is 1.84. The fourth-order valence-electron chi connectivity index (χ4n) is 3.51. The summed E-state index contributed by atoms with van der Waals surface area (Å²) in [5.74, 6) is 0.372. The number of anilines is 1. The van der Waals surface area contributed by atoms with Crippen LogP contribution in [0.2, 0.25) is 0 Å². The summed E-state index contributed by atoms with van der Waals surface area (Å²) < 4.78 is 19.8. The van der Waals surface area contributed by atoms with Gasteiger partial charge >= 0.3 is 0 Å². The molecule has 1 fully saturated rings. The number of ether oxygens (including phenoxy) is 1. The Morgan fingerprint density at radius 2 is 2.11 bits per heavy atom. The van der Waals surface area contributed by atoms with Crippen molar-refractivity contribution in [1.82, 2.24) is 20.2 Å². The quantitative estimate of drug-likeness (QED) is 0.627. The molecule has 1 saturated heterocycles. The molecule has 4 N–H and O–H groups in total. The number of rotatable bonds is 4. The maximum Gasteiger partial charge on any atom is 0.167 e. The lowest BCUT2D eigenvalue weighted by atomic mass is 10.1. The first-order valence-electron chi connectivity index (χ1n) is 9.22. The van der Waals surface area contributed by atoms with Gasteiger partial charge in [0.2, 0.25) is 0 Å². The first kappa shape index (κ1) is 18.6. The van der Waals surface area contributed by atoms with Crippen molar-refractivity contribution in [3.05, 3.63) is 30.3 Å². The van der Waals surface area contributed by atoms with Gasteiger partial charge in [-0.05, 0) is 26.8 Å². The Morgan fingerprint density at radius 3 is 2.79 bits per heavy atom. The van der Waals surface area contributed by atoms with Crippen LogP contribution in [0.1, 0.15) is 20.8 Å². The maximum atomic E-state index is 14.2. The van der Waals surface area contributed by atoms with Gasteiger partial charge in [0.05, 0.1) is 29.5 Å². The van der Waals surface area contributed by atoms with E-state index in [1.807, 2.05) is 25.7 Å². The molecule has 9 heteroatoms. The number of β-amino-alcohol motifs (C(OH)–C–C–N with tert-alkyl or cyclic N) is 1. The lowest BCUT2D eigenvalue weighted by Crippen LogP contribution is -2.40. The number of hydrogen-bond acceptors (Lipinski definition) is 7. The Balaban J connectivity index is 1.74. The number of halogens is 1. The van der Waals surface area contributed by atoms with Crippen molar-refractivity contribution in [2.45, 2.75) is 45.1 Å². The number of nitrogens with two attached hydrogens (primary N) is 1. The number of hydrogen-bond donors (Lipinski definition) is 3. The van der Waals surface area contributed by atoms with Crippen molar-refractivity contribution in [3.63, 3.8) is 0 Å². The van der Waals surface area contributed by atoms with Crippen LogP contribution in [0.5, 0.6) is 5.75 Å². The molecule has 3 atom stereocenters. The van der Waals surface area contributed by atoms with Crippen LogP contribution in [0.3, 0.4) is 0 Å². The Bertz CT molecular complexity index is 1010. The van der Waals surface area contributed by atoms with E-state index in [1.54, 1.807) is 12.1 Å². The molecule has 0 radical (unpaired) electrons. The minimum absolute atomic E-state index is 0.0613. The zero-order chi connectivity index (χ0) is 20.0. The zero-order valence-corrected chi connectivity index (χ0v) is 15.9. The van der Waals surface area contributed by atoms with Gasteiger partial charge in [-0.15, -0.1) is 0 Å². The maximum absolute atomic E-state index is 14.2. The summed E-state index contributed by atoms with van der Waals surface area (Å²) in [6, 6.07) is 4.38. The topological polar surface area (TPSA) is 113 Å². The molecule has 0 aliphatic carbocycles. The van der Waals surface area contributed by atoms with Crippen molar-refractivity contribution in [3.8, 4) is 17.1 Å². The van der Waals surface area contributed by atoms with Gasteiger partial charge in [0.15, 0.2) is 11.6 Å². The molecule has 0 spiro atoms. The smallest absolute Gasteiger partial charge is 0.167 e. The predicted molar refractivity (Wildman–Crippen MR) is 104 cm³/mol. The molecule has 0 bridgehead atoms. The van der Waals surface area contributed by atoms with E-state index in [2.05, 4.69) is 20.2 Å². The molecule has 3 aromatic rings. The van der Waals surface area contributed by atoms with E-state index in [0.717, 1.165) is 0 Å². The molecule has 1 aliphatic rings. The summed E-state index contributed by atoms with van der Waals surface area (Å²) >= 11 is 0. The minimum Gasteiger partial charge on any atom is -0.488 e. The number of nitrogens with zero attached hydrogens (tertiary/aromatic N) is 4. The van der Waals surface area contributed by atoms with Gasteiger partial charge in [-0.2, -0.15) is 5.10 Å². The van der Waals surface area contributed by atoms with E-state index in [4.69, 9.17) is 10.5 Å². The van der Waals surface area contributed by atoms with Crippen molar-refractivity contribution in [1.29, 1.82) is 0 Å². The second kappa shape index (κ2) is 6.99. The lowest BCUT2D eigenvalue weighted by Gasteiger charge is -2.23. The number of benzene rings is 1. The first-order valence-corrected chi connectivity index (χ1v) is 9.22. The molecular weight excluding hydrogens is 363 g/mol. The second-order valence-electron chi connectivity index (χ2n) is 7.37. The van der Waals surface area contributed by atoms with Crippen LogP contribution in [0.4, 0.5) is 10.2 Å². The summed E-state index contributed by atoms with van der Waals surface area (Å²) in [5, 5.41) is 17.9. The summed E-state index contributed by atoms with van der Waals surface area (Å²) in [6.45, 7) is 6.03. The standard InChI is InChI=1S/C19H23FN6O2/c1-9(2)28-16-4-11-13(5-12(16)20)24-25-19(11)14-6-17(23-8-22-14)26-7-15(27)18(21)10(26)3/h4-6,8-10,15,18,27H,7,21H2,1-3H3,(H,24,25). The van der Waals surface area contributed by atoms with Crippen molar-refractivity contribution < 1.29 is 14.2 Å². The Labute approximate surface area is 161 Å². The molecule has 148 valence electrons. The summed E-state index contributed by atoms with van der Waals surface area (Å²) in [5.41, 5.74) is 7.73. The van der Waals surface area contributed by atoms with Crippen LogP contribution >= 0.6 is 0 Å². The van der Waals surface area contributed by atoms with Gasteiger partial charge in [-0.1, -0.05) is 0 Å². The molecule has 28 heavy (non-hydrogen) atoms. The van der Waals surface area contributed by atoms with E-state index >= 15 is 0 Å². The Hall–Kier alpha value is -2.78. The highest BCUT2D eigenvalue weighted by molar-refractivity contribution is 5.93. The number of aliphatic hydroxyl groups excluding tert-OH is 1. The molecular formula is C19H23FN6O2. The van der Waals surface area contributed by atoms with Gasteiger partial charge in [0, 0.05) is 30.1 Å². The number of fused-ring (bicyclic) bond motifs is 1. The van der Waals surface area contributed by atoms with Gasteiger partial charge in [-0.3, -0.25) is 5.10 Å². The van der Waals surface area contributed by atoms with Crippen molar-refractivity contribution in [2.24, 2.45) is 5.73 Å². The zero-order valence-electron chi connectivity index (χ0n) is 15.9. The minimum atomic E-state index is -0.613. The van der Waals surface area contributed by atoms with Crippen LogP contribution in [-0.4, -0.2) is 56.1 Å². The third-order valence-corrected chi connectivity index (χ3v) is 5.04. The Kier molecular flexibility index (Phi) is 4.64. The lowest BCUT2D eigenvalue weighted by molar-refractivity contribution is 0.175. The molecule has 0 amide bonds. The average Bonchev–Trinajstić information content (AvgIpc) is 3.17. The van der Waals surface area contributed by atoms with Crippen LogP contribution < -0.4 is 15.4 Å². The van der Waals surface area contributed by atoms with Crippen molar-refractivity contribution in [2.75, 3.05) is 11.4 Å². The van der Waals surface area contributed by atoms with Crippen LogP contribution in [-0.2, 0) is 0 Å². The van der Waals surface area contributed by atoms with Crippen LogP contribution in [0.25, 0.3) is 22.3 Å². The summed E-state index contributed by atoms with van der Waals surface area (Å²) in [6.07, 6.45) is 0.682. The molecule has 2 aromatic heterocycles. The largest absolute Gasteiger partial charge is 0.488 e. The van der Waals surface area contributed by atoms with Crippen molar-refractivity contribution >= 4 is 16.7 Å². The van der Waals surface area contributed by atoms with Gasteiger partial charge in [0.1, 0.15) is 17.8 Å². The fourth-order valence-corrected chi connectivity index (χ4v) is 3.51. The van der Waals surface area contributed by atoms with Gasteiger partial charge < -0.3 is 20.5 Å². The molecule has 1 aromatic carbocycles. The average molecular weight is 386 g/mol. The highest BCUT2D eigenvalue weighted by Crippen LogP contribution is 2.32. The van der Waals surface area contributed by atoms with E-state index in [1.165, 1.54) is 12.4 Å². The third kappa shape index (κ3) is 3.16. The van der Waals surface area contributed by atoms with E-state index in [9.17, 15) is 9.50 Å². The van der Waals surface area contributed by atoms with E-state index in [0.29, 0.717) is 34.7 Å². The Morgan fingerprint density at radius 1 is 1.32 bits per heavy atom. The molecule has 0 saturated carbocycles. The highest BCUT2D eigenvalue weighted by Gasteiger charge is 2.36. The van der Waals surface area contributed by atoms with Gasteiger partial charge in [-0.25, -0.2) is 14.4 Å². The number of aromatic amines is 1. The highest BCUT2D eigenvalue weighted by atomic mass is 19.1. The number of nitrogens with one attached hydrogen (secondary N) is 1. The summed E-state index contributed by atoms with van der Waals surface area (Å²) in [7, 11) is 0. The van der Waals surface area contributed by atoms with E-state index < -0.39 is 11.9 Å². The van der Waals surface area contributed by atoms with Crippen LogP contribution in [0.15, 0.2) is 24.5 Å². The van der Waals surface area contributed by atoms with E-state index in [-0.39, 0.29) is 23.9 Å². The second-order valence-corrected chi connectivity index (χ2v) is 7.37. The van der Waals surface area contributed by atoms with Crippen LogP contribution in [0, 0.1) is 5.82 Å². The SMILES string of the molecule is CC(C)Oc1cc2c(-c3cc(N4CC(O)C(N)C4C)ncn3)n[nH]c2cc1F. The normalized spacial score (nSPS) is 22.4. The molecule has 4 rings (SSSR count). The molecule has 8 nitrogen and oxygen atoms in total. The van der Waals surface area contributed by atoms with Gasteiger partial charge in [0.25, 0.3) is 0 Å².